The standard InChI is InChI=1S/C10H19N3O/c1-4-13(8(2)3)7-10-5-9(6-11)12-14-10/h5,8H,4,6-7,11H2,1-3H3. The molecule has 1 heterocycles. The van der Waals surface area contributed by atoms with Crippen LogP contribution in [0.4, 0.5) is 0 Å². The average molecular weight is 197 g/mol. The Labute approximate surface area is 85.1 Å². The molecule has 2 N–H and O–H groups in total. The summed E-state index contributed by atoms with van der Waals surface area (Å²) in [5.41, 5.74) is 6.27. The normalized spacial score (nSPS) is 11.6. The van der Waals surface area contributed by atoms with Crippen molar-refractivity contribution in [2.45, 2.75) is 39.9 Å². The summed E-state index contributed by atoms with van der Waals surface area (Å²) < 4.78 is 5.17. The molecule has 0 aliphatic heterocycles. The highest BCUT2D eigenvalue weighted by molar-refractivity contribution is 5.04. The lowest BCUT2D eigenvalue weighted by atomic mass is 10.3. The van der Waals surface area contributed by atoms with Crippen LogP contribution in [-0.4, -0.2) is 22.6 Å². The van der Waals surface area contributed by atoms with Crippen LogP contribution in [0.2, 0.25) is 0 Å². The topological polar surface area (TPSA) is 55.3 Å². The van der Waals surface area contributed by atoms with Crippen molar-refractivity contribution in [3.8, 4) is 0 Å². The van der Waals surface area contributed by atoms with Gasteiger partial charge in [-0.25, -0.2) is 0 Å². The van der Waals surface area contributed by atoms with Gasteiger partial charge in [0.1, 0.15) is 0 Å². The van der Waals surface area contributed by atoms with Gasteiger partial charge in [-0.05, 0) is 20.4 Å². The molecule has 1 aromatic heterocycles. The van der Waals surface area contributed by atoms with Crippen molar-refractivity contribution in [3.05, 3.63) is 17.5 Å². The summed E-state index contributed by atoms with van der Waals surface area (Å²) in [6.07, 6.45) is 0. The van der Waals surface area contributed by atoms with E-state index < -0.39 is 0 Å². The van der Waals surface area contributed by atoms with E-state index in [0.29, 0.717) is 12.6 Å². The molecule has 0 bridgehead atoms. The average Bonchev–Trinajstić information content (AvgIpc) is 2.61. The van der Waals surface area contributed by atoms with E-state index in [9.17, 15) is 0 Å². The third kappa shape index (κ3) is 2.82. The van der Waals surface area contributed by atoms with E-state index >= 15 is 0 Å². The van der Waals surface area contributed by atoms with Gasteiger partial charge in [0.15, 0.2) is 5.76 Å². The van der Waals surface area contributed by atoms with E-state index in [-0.39, 0.29) is 0 Å². The lowest BCUT2D eigenvalue weighted by molar-refractivity contribution is 0.198. The lowest BCUT2D eigenvalue weighted by Gasteiger charge is -2.22. The monoisotopic (exact) mass is 197 g/mol. The molecule has 0 unspecified atom stereocenters. The van der Waals surface area contributed by atoms with E-state index in [2.05, 4.69) is 30.8 Å². The zero-order chi connectivity index (χ0) is 10.6. The van der Waals surface area contributed by atoms with Crippen molar-refractivity contribution in [2.24, 2.45) is 5.73 Å². The van der Waals surface area contributed by atoms with Crippen molar-refractivity contribution in [1.29, 1.82) is 0 Å². The quantitative estimate of drug-likeness (QED) is 0.774. The largest absolute Gasteiger partial charge is 0.360 e. The van der Waals surface area contributed by atoms with Gasteiger partial charge in [-0.1, -0.05) is 12.1 Å². The molecule has 1 rings (SSSR count). The van der Waals surface area contributed by atoms with Crippen LogP contribution in [0.5, 0.6) is 0 Å². The van der Waals surface area contributed by atoms with Crippen LogP contribution in [0.3, 0.4) is 0 Å². The maximum Gasteiger partial charge on any atom is 0.151 e. The predicted octanol–water partition coefficient (Wildman–Crippen LogP) is 1.36. The number of hydrogen-bond donors (Lipinski definition) is 1. The van der Waals surface area contributed by atoms with Crippen LogP contribution in [0, 0.1) is 0 Å². The molecular formula is C10H19N3O. The first kappa shape index (κ1) is 11.2. The van der Waals surface area contributed by atoms with Gasteiger partial charge in [-0.2, -0.15) is 0 Å². The minimum absolute atomic E-state index is 0.442. The molecule has 0 aliphatic carbocycles. The first-order valence-electron chi connectivity index (χ1n) is 5.06. The minimum Gasteiger partial charge on any atom is -0.360 e. The molecule has 0 saturated carbocycles. The maximum atomic E-state index is 5.45. The third-order valence-electron chi connectivity index (χ3n) is 2.31. The predicted molar refractivity (Wildman–Crippen MR) is 55.6 cm³/mol. The number of nitrogens with two attached hydrogens (primary N) is 1. The Morgan fingerprint density at radius 3 is 2.71 bits per heavy atom. The summed E-state index contributed by atoms with van der Waals surface area (Å²) in [7, 11) is 0. The number of hydrogen-bond acceptors (Lipinski definition) is 4. The van der Waals surface area contributed by atoms with Gasteiger partial charge in [-0.15, -0.1) is 0 Å². The van der Waals surface area contributed by atoms with Crippen LogP contribution >= 0.6 is 0 Å². The van der Waals surface area contributed by atoms with Crippen molar-refractivity contribution in [3.63, 3.8) is 0 Å². The molecule has 0 radical (unpaired) electrons. The minimum atomic E-state index is 0.442. The molecule has 1 aromatic rings. The molecule has 0 aliphatic rings. The molecule has 80 valence electrons. The van der Waals surface area contributed by atoms with Crippen molar-refractivity contribution in [1.82, 2.24) is 10.1 Å². The summed E-state index contributed by atoms with van der Waals surface area (Å²) in [4.78, 5) is 2.31. The van der Waals surface area contributed by atoms with E-state index in [4.69, 9.17) is 10.3 Å². The second kappa shape index (κ2) is 5.12. The second-order valence-corrected chi connectivity index (χ2v) is 3.65. The van der Waals surface area contributed by atoms with Gasteiger partial charge < -0.3 is 10.3 Å². The lowest BCUT2D eigenvalue weighted by Crippen LogP contribution is -2.29. The highest BCUT2D eigenvalue weighted by Crippen LogP contribution is 2.09. The van der Waals surface area contributed by atoms with Gasteiger partial charge in [0.05, 0.1) is 12.2 Å². The van der Waals surface area contributed by atoms with Crippen molar-refractivity contribution in [2.75, 3.05) is 6.54 Å². The van der Waals surface area contributed by atoms with Crippen LogP contribution in [-0.2, 0) is 13.1 Å². The van der Waals surface area contributed by atoms with Crippen LogP contribution in [0.25, 0.3) is 0 Å². The Kier molecular flexibility index (Phi) is 4.10. The van der Waals surface area contributed by atoms with Crippen LogP contribution < -0.4 is 5.73 Å². The smallest absolute Gasteiger partial charge is 0.151 e. The first-order valence-corrected chi connectivity index (χ1v) is 5.06. The Balaban J connectivity index is 2.57. The first-order chi connectivity index (χ1) is 6.67. The second-order valence-electron chi connectivity index (χ2n) is 3.65. The summed E-state index contributed by atoms with van der Waals surface area (Å²) in [6, 6.07) is 2.44. The van der Waals surface area contributed by atoms with E-state index in [1.54, 1.807) is 0 Å². The summed E-state index contributed by atoms with van der Waals surface area (Å²) in [6.45, 7) is 8.74. The van der Waals surface area contributed by atoms with Gasteiger partial charge in [0.2, 0.25) is 0 Å². The van der Waals surface area contributed by atoms with Crippen LogP contribution in [0.1, 0.15) is 32.2 Å². The van der Waals surface area contributed by atoms with Crippen molar-refractivity contribution < 1.29 is 4.52 Å². The Morgan fingerprint density at radius 1 is 1.57 bits per heavy atom. The zero-order valence-electron chi connectivity index (χ0n) is 9.16. The van der Waals surface area contributed by atoms with Gasteiger partial charge in [-0.3, -0.25) is 4.90 Å². The molecule has 0 saturated heterocycles. The van der Waals surface area contributed by atoms with E-state index in [1.807, 2.05) is 6.07 Å². The molecule has 0 amide bonds. The Hall–Kier alpha value is -0.870. The Bertz CT molecular complexity index is 270. The molecule has 4 heteroatoms. The molecule has 0 spiro atoms. The summed E-state index contributed by atoms with van der Waals surface area (Å²) in [5, 5.41) is 3.85. The third-order valence-corrected chi connectivity index (χ3v) is 2.31. The number of nitrogens with zero attached hydrogens (tertiary/aromatic N) is 2. The van der Waals surface area contributed by atoms with Gasteiger partial charge in [0, 0.05) is 18.7 Å². The molecule has 4 nitrogen and oxygen atoms in total. The summed E-state index contributed by atoms with van der Waals surface area (Å²) in [5.74, 6) is 0.890. The SMILES string of the molecule is CCN(Cc1cc(CN)no1)C(C)C. The fraction of sp³-hybridized carbons (Fsp3) is 0.700. The van der Waals surface area contributed by atoms with Crippen molar-refractivity contribution >= 4 is 0 Å². The zero-order valence-corrected chi connectivity index (χ0v) is 9.16. The Morgan fingerprint density at radius 2 is 2.29 bits per heavy atom. The van der Waals surface area contributed by atoms with Crippen LogP contribution in [0.15, 0.2) is 10.6 Å². The van der Waals surface area contributed by atoms with E-state index in [1.165, 1.54) is 0 Å². The fourth-order valence-corrected chi connectivity index (χ4v) is 1.39. The highest BCUT2D eigenvalue weighted by Gasteiger charge is 2.10. The maximum absolute atomic E-state index is 5.45. The van der Waals surface area contributed by atoms with E-state index in [0.717, 1.165) is 24.5 Å². The molecule has 0 fully saturated rings. The summed E-state index contributed by atoms with van der Waals surface area (Å²) >= 11 is 0. The molecular weight excluding hydrogens is 178 g/mol. The molecule has 0 aromatic carbocycles. The highest BCUT2D eigenvalue weighted by atomic mass is 16.5. The molecule has 0 atom stereocenters. The number of aromatic nitrogens is 1. The molecule has 14 heavy (non-hydrogen) atoms. The number of rotatable bonds is 5. The fourth-order valence-electron chi connectivity index (χ4n) is 1.39. The van der Waals surface area contributed by atoms with Gasteiger partial charge in [0.25, 0.3) is 0 Å². The van der Waals surface area contributed by atoms with Gasteiger partial charge >= 0.3 is 0 Å².